The van der Waals surface area contributed by atoms with E-state index in [1.807, 2.05) is 13.1 Å². The SMILES string of the molecule is C=C[C@]12C(=O)N(C)[C@H]3[C@@H](CO[Si](C)(C)C(C)(C)C(C)C)[C@H]1C=CC(=O)[C@@H]32. The molecule has 3 aliphatic rings. The lowest BCUT2D eigenvalue weighted by Crippen LogP contribution is -2.51. The lowest BCUT2D eigenvalue weighted by atomic mass is 9.67. The molecule has 0 radical (unpaired) electrons. The Balaban J connectivity index is 1.90. The maximum atomic E-state index is 12.9. The van der Waals surface area contributed by atoms with Crippen molar-refractivity contribution in [3.8, 4) is 0 Å². The van der Waals surface area contributed by atoms with Gasteiger partial charge in [-0.25, -0.2) is 0 Å². The van der Waals surface area contributed by atoms with Gasteiger partial charge in [-0.15, -0.1) is 6.58 Å². The van der Waals surface area contributed by atoms with Gasteiger partial charge in [0.15, 0.2) is 14.1 Å². The molecule has 5 atom stereocenters. The lowest BCUT2D eigenvalue weighted by molar-refractivity contribution is -0.141. The zero-order valence-corrected chi connectivity index (χ0v) is 18.2. The standard InChI is InChI=1S/C21H33NO3Si/c1-9-21-15-10-11-16(23)17(21)18(22(6)19(21)24)14(15)12-25-26(7,8)20(4,5)13(2)3/h9-11,13-15,17-18H,1,12H2,2-8H3/t14-,15+,17-,18-,21-/m0/s1. The Bertz CT molecular complexity index is 681. The summed E-state index contributed by atoms with van der Waals surface area (Å²) in [4.78, 5) is 27.3. The van der Waals surface area contributed by atoms with Crippen molar-refractivity contribution in [2.24, 2.45) is 29.1 Å². The van der Waals surface area contributed by atoms with E-state index in [9.17, 15) is 9.59 Å². The molecule has 0 N–H and O–H groups in total. The molecule has 26 heavy (non-hydrogen) atoms. The average molecular weight is 376 g/mol. The predicted octanol–water partition coefficient (Wildman–Crippen LogP) is 3.66. The molecular weight excluding hydrogens is 342 g/mol. The average Bonchev–Trinajstić information content (AvgIpc) is 2.91. The second-order valence-corrected chi connectivity index (χ2v) is 14.3. The minimum atomic E-state index is -1.96. The summed E-state index contributed by atoms with van der Waals surface area (Å²) in [6.07, 6.45) is 5.36. The number of carbonyl (C=O) groups excluding carboxylic acids is 2. The molecule has 0 aromatic carbocycles. The Hall–Kier alpha value is -1.20. The first-order chi connectivity index (χ1) is 11.9. The molecular formula is C21H33NO3Si. The van der Waals surface area contributed by atoms with Crippen LogP contribution in [0, 0.1) is 29.1 Å². The topological polar surface area (TPSA) is 46.6 Å². The fourth-order valence-corrected chi connectivity index (χ4v) is 7.65. The van der Waals surface area contributed by atoms with Crippen molar-refractivity contribution in [1.29, 1.82) is 0 Å². The van der Waals surface area contributed by atoms with Gasteiger partial charge in [-0.3, -0.25) is 9.59 Å². The van der Waals surface area contributed by atoms with Crippen LogP contribution in [0.2, 0.25) is 18.1 Å². The van der Waals surface area contributed by atoms with E-state index < -0.39 is 13.7 Å². The van der Waals surface area contributed by atoms with Crippen LogP contribution in [0.3, 0.4) is 0 Å². The first-order valence-electron chi connectivity index (χ1n) is 9.70. The summed E-state index contributed by atoms with van der Waals surface area (Å²) < 4.78 is 6.63. The minimum Gasteiger partial charge on any atom is -0.416 e. The van der Waals surface area contributed by atoms with Crippen LogP contribution in [0.4, 0.5) is 0 Å². The summed E-state index contributed by atoms with van der Waals surface area (Å²) in [5, 5.41) is 0.142. The third kappa shape index (κ3) is 2.22. The third-order valence-electron chi connectivity index (χ3n) is 8.19. The number of hydrogen-bond acceptors (Lipinski definition) is 3. The molecule has 2 aliphatic carbocycles. The Morgan fingerprint density at radius 2 is 2.00 bits per heavy atom. The summed E-state index contributed by atoms with van der Waals surface area (Å²) in [5.74, 6) is 0.505. The zero-order chi connectivity index (χ0) is 19.7. The minimum absolute atomic E-state index is 0.0170. The van der Waals surface area contributed by atoms with Crippen molar-refractivity contribution >= 4 is 20.0 Å². The van der Waals surface area contributed by atoms with E-state index in [-0.39, 0.29) is 40.5 Å². The highest BCUT2D eigenvalue weighted by Gasteiger charge is 2.72. The number of ketones is 1. The number of hydrogen-bond donors (Lipinski definition) is 0. The maximum Gasteiger partial charge on any atom is 0.234 e. The van der Waals surface area contributed by atoms with Gasteiger partial charge in [0.2, 0.25) is 5.91 Å². The monoisotopic (exact) mass is 375 g/mol. The first kappa shape index (κ1) is 19.6. The summed E-state index contributed by atoms with van der Waals surface area (Å²) in [6.45, 7) is 18.2. The van der Waals surface area contributed by atoms with Crippen LogP contribution in [0.25, 0.3) is 0 Å². The number of amides is 1. The molecule has 3 rings (SSSR count). The Morgan fingerprint density at radius 3 is 2.50 bits per heavy atom. The van der Waals surface area contributed by atoms with Gasteiger partial charge in [0.05, 0.1) is 11.3 Å². The van der Waals surface area contributed by atoms with Gasteiger partial charge in [-0.1, -0.05) is 39.8 Å². The highest BCUT2D eigenvalue weighted by atomic mass is 28.4. The number of likely N-dealkylation sites (tertiary alicyclic amines) is 1. The first-order valence-corrected chi connectivity index (χ1v) is 12.6. The van der Waals surface area contributed by atoms with E-state index in [0.717, 1.165) is 0 Å². The van der Waals surface area contributed by atoms with Gasteiger partial charge < -0.3 is 9.33 Å². The van der Waals surface area contributed by atoms with Crippen molar-refractivity contribution in [1.82, 2.24) is 4.90 Å². The Labute approximate surface area is 158 Å². The van der Waals surface area contributed by atoms with Gasteiger partial charge in [-0.05, 0) is 30.1 Å². The van der Waals surface area contributed by atoms with Gasteiger partial charge >= 0.3 is 0 Å². The fourth-order valence-electron chi connectivity index (χ4n) is 5.28. The normalized spacial score (nSPS) is 36.4. The second-order valence-electron chi connectivity index (χ2n) is 9.67. The molecule has 1 saturated heterocycles. The number of nitrogens with zero attached hydrogens (tertiary/aromatic N) is 1. The van der Waals surface area contributed by atoms with Crippen LogP contribution in [-0.2, 0) is 14.0 Å². The molecule has 0 aromatic heterocycles. The molecule has 4 nitrogen and oxygen atoms in total. The number of piperidine rings is 1. The molecule has 144 valence electrons. The molecule has 5 heteroatoms. The van der Waals surface area contributed by atoms with E-state index in [4.69, 9.17) is 4.43 Å². The van der Waals surface area contributed by atoms with E-state index in [0.29, 0.717) is 12.5 Å². The Morgan fingerprint density at radius 1 is 1.38 bits per heavy atom. The molecule has 1 aliphatic heterocycles. The number of allylic oxidation sites excluding steroid dienone is 2. The van der Waals surface area contributed by atoms with Gasteiger partial charge in [0.25, 0.3) is 0 Å². The summed E-state index contributed by atoms with van der Waals surface area (Å²) in [5.41, 5.74) is -0.765. The van der Waals surface area contributed by atoms with E-state index >= 15 is 0 Å². The molecule has 1 amide bonds. The largest absolute Gasteiger partial charge is 0.416 e. The summed E-state index contributed by atoms with van der Waals surface area (Å²) in [6, 6.07) is -0.0834. The van der Waals surface area contributed by atoms with Crippen LogP contribution in [0.5, 0.6) is 0 Å². The van der Waals surface area contributed by atoms with Gasteiger partial charge in [0.1, 0.15) is 0 Å². The number of rotatable bonds is 6. The van der Waals surface area contributed by atoms with Crippen LogP contribution >= 0.6 is 0 Å². The second kappa shape index (κ2) is 5.90. The third-order valence-corrected chi connectivity index (χ3v) is 12.8. The quantitative estimate of drug-likeness (QED) is 0.526. The maximum absolute atomic E-state index is 12.9. The van der Waals surface area contributed by atoms with E-state index in [1.54, 1.807) is 17.1 Å². The molecule has 0 aromatic rings. The van der Waals surface area contributed by atoms with E-state index in [1.165, 1.54) is 0 Å². The zero-order valence-electron chi connectivity index (χ0n) is 17.2. The Kier molecular flexibility index (Phi) is 4.44. The highest BCUT2D eigenvalue weighted by molar-refractivity contribution is 6.74. The van der Waals surface area contributed by atoms with Gasteiger partial charge in [0, 0.05) is 31.5 Å². The van der Waals surface area contributed by atoms with Crippen LogP contribution in [0.1, 0.15) is 27.7 Å². The van der Waals surface area contributed by atoms with Gasteiger partial charge in [-0.2, -0.15) is 0 Å². The smallest absolute Gasteiger partial charge is 0.234 e. The molecule has 1 saturated carbocycles. The van der Waals surface area contributed by atoms with Crippen molar-refractivity contribution in [3.05, 3.63) is 24.8 Å². The molecule has 1 heterocycles. The van der Waals surface area contributed by atoms with E-state index in [2.05, 4.69) is 47.4 Å². The van der Waals surface area contributed by atoms with Crippen molar-refractivity contribution in [2.45, 2.75) is 51.9 Å². The fraction of sp³-hybridized carbons (Fsp3) is 0.714. The molecule has 0 spiro atoms. The summed E-state index contributed by atoms with van der Waals surface area (Å²) >= 11 is 0. The molecule has 4 bridgehead atoms. The van der Waals surface area contributed by atoms with Crippen molar-refractivity contribution < 1.29 is 14.0 Å². The predicted molar refractivity (Wildman–Crippen MR) is 106 cm³/mol. The highest BCUT2D eigenvalue weighted by Crippen LogP contribution is 2.62. The van der Waals surface area contributed by atoms with Crippen LogP contribution < -0.4 is 0 Å². The van der Waals surface area contributed by atoms with Crippen LogP contribution in [0.15, 0.2) is 24.8 Å². The number of carbonyl (C=O) groups is 2. The lowest BCUT2D eigenvalue weighted by Gasteiger charge is -2.45. The van der Waals surface area contributed by atoms with Crippen molar-refractivity contribution in [2.75, 3.05) is 13.7 Å². The van der Waals surface area contributed by atoms with Crippen molar-refractivity contribution in [3.63, 3.8) is 0 Å². The molecule has 0 unspecified atom stereocenters. The molecule has 2 fully saturated rings. The van der Waals surface area contributed by atoms with Crippen LogP contribution in [-0.4, -0.2) is 44.6 Å². The summed E-state index contributed by atoms with van der Waals surface area (Å²) in [7, 11) is -0.135.